The minimum atomic E-state index is -0.595. The van der Waals surface area contributed by atoms with Crippen LogP contribution >= 0.6 is 23.4 Å². The predicted octanol–water partition coefficient (Wildman–Crippen LogP) is 2.66. The zero-order valence-corrected chi connectivity index (χ0v) is 10.3. The molecule has 1 aromatic rings. The van der Waals surface area contributed by atoms with E-state index in [1.807, 2.05) is 0 Å². The average Bonchev–Trinajstić information content (AvgIpc) is 2.62. The van der Waals surface area contributed by atoms with Crippen molar-refractivity contribution in [2.75, 3.05) is 12.4 Å². The molecule has 0 saturated carbocycles. The molecule has 0 radical (unpaired) electrons. The number of rotatable bonds is 2. The van der Waals surface area contributed by atoms with Crippen molar-refractivity contribution in [2.24, 2.45) is 0 Å². The molecule has 1 aromatic carbocycles. The molecule has 1 N–H and O–H groups in total. The summed E-state index contributed by atoms with van der Waals surface area (Å²) in [5.74, 6) is 0.140. The molecule has 1 unspecified atom stereocenters. The molecular formula is C11H11ClO3S. The highest BCUT2D eigenvalue weighted by Crippen LogP contribution is 2.43. The summed E-state index contributed by atoms with van der Waals surface area (Å²) in [7, 11) is 0. The van der Waals surface area contributed by atoms with Gasteiger partial charge in [-0.3, -0.25) is 0 Å². The van der Waals surface area contributed by atoms with Crippen LogP contribution < -0.4 is 0 Å². The van der Waals surface area contributed by atoms with Gasteiger partial charge in [0.05, 0.1) is 23.3 Å². The lowest BCUT2D eigenvalue weighted by Crippen LogP contribution is -2.07. The maximum Gasteiger partial charge on any atom is 0.339 e. The van der Waals surface area contributed by atoms with Crippen molar-refractivity contribution in [1.82, 2.24) is 0 Å². The van der Waals surface area contributed by atoms with Crippen LogP contribution in [0, 0.1) is 0 Å². The lowest BCUT2D eigenvalue weighted by Gasteiger charge is -2.09. The van der Waals surface area contributed by atoms with Crippen molar-refractivity contribution in [3.63, 3.8) is 0 Å². The topological polar surface area (TPSA) is 46.5 Å². The van der Waals surface area contributed by atoms with E-state index in [0.29, 0.717) is 28.5 Å². The first-order valence-electron chi connectivity index (χ1n) is 4.95. The van der Waals surface area contributed by atoms with Crippen molar-refractivity contribution in [2.45, 2.75) is 17.9 Å². The Morgan fingerprint density at radius 1 is 1.69 bits per heavy atom. The molecule has 0 aliphatic carbocycles. The first kappa shape index (κ1) is 11.8. The zero-order valence-electron chi connectivity index (χ0n) is 8.70. The smallest absolute Gasteiger partial charge is 0.339 e. The van der Waals surface area contributed by atoms with Gasteiger partial charge in [0, 0.05) is 16.2 Å². The molecule has 5 heteroatoms. The molecule has 1 heterocycles. The lowest BCUT2D eigenvalue weighted by atomic mass is 10.1. The molecular weight excluding hydrogens is 248 g/mol. The van der Waals surface area contributed by atoms with Gasteiger partial charge in [0.25, 0.3) is 0 Å². The molecule has 16 heavy (non-hydrogen) atoms. The van der Waals surface area contributed by atoms with Gasteiger partial charge in [-0.15, -0.1) is 11.8 Å². The number of aliphatic hydroxyl groups is 1. The van der Waals surface area contributed by atoms with Crippen LogP contribution in [0.25, 0.3) is 0 Å². The van der Waals surface area contributed by atoms with Crippen LogP contribution in [0.2, 0.25) is 5.02 Å². The fourth-order valence-corrected chi connectivity index (χ4v) is 3.12. The predicted molar refractivity (Wildman–Crippen MR) is 63.1 cm³/mol. The molecule has 3 nitrogen and oxygen atoms in total. The van der Waals surface area contributed by atoms with E-state index in [0.717, 1.165) is 4.90 Å². The Hall–Kier alpha value is -0.710. The number of ether oxygens (including phenoxy) is 1. The van der Waals surface area contributed by atoms with Crippen LogP contribution in [0.3, 0.4) is 0 Å². The molecule has 2 rings (SSSR count). The molecule has 0 amide bonds. The zero-order chi connectivity index (χ0) is 11.7. The third-order valence-corrected chi connectivity index (χ3v) is 3.92. The summed E-state index contributed by atoms with van der Waals surface area (Å²) < 4.78 is 4.89. The number of halogens is 1. The van der Waals surface area contributed by atoms with Crippen LogP contribution in [0.1, 0.15) is 28.9 Å². The quantitative estimate of drug-likeness (QED) is 0.829. The monoisotopic (exact) mass is 258 g/mol. The number of hydrogen-bond donors (Lipinski definition) is 1. The van der Waals surface area contributed by atoms with Gasteiger partial charge in [-0.2, -0.15) is 0 Å². The first-order valence-corrected chi connectivity index (χ1v) is 6.32. The van der Waals surface area contributed by atoms with Gasteiger partial charge in [0.1, 0.15) is 0 Å². The molecule has 0 fully saturated rings. The largest absolute Gasteiger partial charge is 0.462 e. The Morgan fingerprint density at radius 2 is 2.44 bits per heavy atom. The van der Waals surface area contributed by atoms with Gasteiger partial charge in [0.2, 0.25) is 0 Å². The summed E-state index contributed by atoms with van der Waals surface area (Å²) in [6.45, 7) is 2.05. The Kier molecular flexibility index (Phi) is 3.42. The third kappa shape index (κ3) is 1.93. The van der Waals surface area contributed by atoms with Crippen LogP contribution in [-0.4, -0.2) is 23.4 Å². The van der Waals surface area contributed by atoms with Crippen LogP contribution in [-0.2, 0) is 4.74 Å². The SMILES string of the molecule is CCOC(=O)c1ccc2c(c1Cl)C(O)CS2. The number of aliphatic hydroxyl groups excluding tert-OH is 1. The second-order valence-corrected chi connectivity index (χ2v) is 4.83. The summed E-state index contributed by atoms with van der Waals surface area (Å²) in [5.41, 5.74) is 0.973. The molecule has 0 bridgehead atoms. The highest BCUT2D eigenvalue weighted by molar-refractivity contribution is 7.99. The molecule has 0 spiro atoms. The maximum atomic E-state index is 11.6. The van der Waals surface area contributed by atoms with Crippen molar-refractivity contribution < 1.29 is 14.6 Å². The number of benzene rings is 1. The number of hydrogen-bond acceptors (Lipinski definition) is 4. The van der Waals surface area contributed by atoms with E-state index in [4.69, 9.17) is 16.3 Å². The molecule has 0 aromatic heterocycles. The highest BCUT2D eigenvalue weighted by atomic mass is 35.5. The Labute approximate surface area is 103 Å². The van der Waals surface area contributed by atoms with E-state index in [9.17, 15) is 9.90 Å². The van der Waals surface area contributed by atoms with Crippen molar-refractivity contribution >= 4 is 29.3 Å². The van der Waals surface area contributed by atoms with Gasteiger partial charge in [-0.25, -0.2) is 4.79 Å². The van der Waals surface area contributed by atoms with E-state index in [2.05, 4.69) is 0 Å². The average molecular weight is 259 g/mol. The summed E-state index contributed by atoms with van der Waals surface area (Å²) in [4.78, 5) is 12.5. The number of esters is 1. The molecule has 0 saturated heterocycles. The normalized spacial score (nSPS) is 18.3. The summed E-state index contributed by atoms with van der Waals surface area (Å²) in [5, 5.41) is 10.1. The van der Waals surface area contributed by atoms with Crippen molar-refractivity contribution in [1.29, 1.82) is 0 Å². The number of fused-ring (bicyclic) bond motifs is 1. The Morgan fingerprint density at radius 3 is 3.12 bits per heavy atom. The number of thioether (sulfide) groups is 1. The minimum Gasteiger partial charge on any atom is -0.462 e. The first-order chi connectivity index (χ1) is 7.65. The van der Waals surface area contributed by atoms with E-state index in [1.54, 1.807) is 19.1 Å². The highest BCUT2D eigenvalue weighted by Gasteiger charge is 2.27. The second kappa shape index (κ2) is 4.65. The number of carbonyl (C=O) groups is 1. The van der Waals surface area contributed by atoms with Gasteiger partial charge in [-0.1, -0.05) is 11.6 Å². The molecule has 1 aliphatic rings. The second-order valence-electron chi connectivity index (χ2n) is 3.39. The fourth-order valence-electron chi connectivity index (χ4n) is 1.63. The number of carbonyl (C=O) groups excluding carboxylic acids is 1. The Balaban J connectivity index is 2.43. The lowest BCUT2D eigenvalue weighted by molar-refractivity contribution is 0.0526. The van der Waals surface area contributed by atoms with Crippen LogP contribution in [0.5, 0.6) is 0 Å². The Bertz CT molecular complexity index is 433. The van der Waals surface area contributed by atoms with Gasteiger partial charge in [-0.05, 0) is 19.1 Å². The fraction of sp³-hybridized carbons (Fsp3) is 0.364. The molecule has 1 aliphatic heterocycles. The third-order valence-electron chi connectivity index (χ3n) is 2.37. The van der Waals surface area contributed by atoms with Crippen molar-refractivity contribution in [3.8, 4) is 0 Å². The van der Waals surface area contributed by atoms with Crippen LogP contribution in [0.4, 0.5) is 0 Å². The van der Waals surface area contributed by atoms with Gasteiger partial charge in [0.15, 0.2) is 0 Å². The summed E-state index contributed by atoms with van der Waals surface area (Å²) >= 11 is 7.64. The summed E-state index contributed by atoms with van der Waals surface area (Å²) in [6, 6.07) is 3.44. The maximum absolute atomic E-state index is 11.6. The van der Waals surface area contributed by atoms with Gasteiger partial charge >= 0.3 is 5.97 Å². The standard InChI is InChI=1S/C11H11ClO3S/c1-2-15-11(14)6-3-4-8-9(10(6)12)7(13)5-16-8/h3-4,7,13H,2,5H2,1H3. The van der Waals surface area contributed by atoms with E-state index >= 15 is 0 Å². The van der Waals surface area contributed by atoms with E-state index < -0.39 is 12.1 Å². The molecule has 86 valence electrons. The van der Waals surface area contributed by atoms with Crippen molar-refractivity contribution in [3.05, 3.63) is 28.3 Å². The van der Waals surface area contributed by atoms with E-state index in [-0.39, 0.29) is 0 Å². The van der Waals surface area contributed by atoms with E-state index in [1.165, 1.54) is 11.8 Å². The van der Waals surface area contributed by atoms with Crippen LogP contribution in [0.15, 0.2) is 17.0 Å². The molecule has 1 atom stereocenters. The summed E-state index contributed by atoms with van der Waals surface area (Å²) in [6.07, 6.45) is -0.595. The minimum absolute atomic E-state index is 0.309. The van der Waals surface area contributed by atoms with Gasteiger partial charge < -0.3 is 9.84 Å².